The molecule has 0 radical (unpaired) electrons. The van der Waals surface area contributed by atoms with Gasteiger partial charge < -0.3 is 39.7 Å². The Balaban J connectivity index is 1.17. The molecule has 0 heterocycles. The lowest BCUT2D eigenvalue weighted by Crippen LogP contribution is -2.16. The smallest absolute Gasteiger partial charge is 0.126 e. The molecule has 11 aromatic carbocycles. The molecule has 8 nitrogen and oxygen atoms in total. The van der Waals surface area contributed by atoms with Gasteiger partial charge in [0.15, 0.2) is 0 Å². The molecule has 0 atom stereocenters. The van der Waals surface area contributed by atoms with Crippen molar-refractivity contribution >= 4 is 0 Å². The van der Waals surface area contributed by atoms with Gasteiger partial charge in [-0.2, -0.15) is 0 Å². The molecular formula is C121H154O8. The molecule has 0 fully saturated rings. The SMILES string of the molecule is CC(C)(C)c1ccc(COc2c3cc(C(C)(C)C)cc2Cc2cc(C(C)(C)C)cc(c2O)Cc2cc(C(C)(C)C)cc(c2OCc2ccc(C(C)(C)C)cc2)Cc2cc(C(C)(C)C)cc(c2O)Cc2cc(C(C)(C)C)cc(c2OCc2ccc(C(C)(C)C)cc2)Cc2cc(C(C)(C)C)cc(c2O)Cc2cc(C(C)(C)C)cc(c2O)Cc2cc(C(C)(C)C)cc(c2O)C3)cc1. The largest absolute Gasteiger partial charge is 0.507 e. The average molecular weight is 1740 g/mol. The highest BCUT2D eigenvalue weighted by atomic mass is 16.5. The first kappa shape index (κ1) is 97.9. The first-order valence-corrected chi connectivity index (χ1v) is 47.3. The van der Waals surface area contributed by atoms with E-state index < -0.39 is 0 Å². The lowest BCUT2D eigenvalue weighted by Gasteiger charge is -2.28. The zero-order valence-electron chi connectivity index (χ0n) is 84.9. The van der Waals surface area contributed by atoms with Gasteiger partial charge in [-0.25, -0.2) is 0 Å². The molecule has 129 heavy (non-hydrogen) atoms. The second-order valence-electron chi connectivity index (χ2n) is 49.2. The van der Waals surface area contributed by atoms with Gasteiger partial charge >= 0.3 is 0 Å². The Kier molecular flexibility index (Phi) is 27.2. The Hall–Kier alpha value is -10.2. The molecule has 11 aromatic rings. The number of phenols is 5. The lowest BCUT2D eigenvalue weighted by molar-refractivity contribution is 0.300. The van der Waals surface area contributed by atoms with Crippen LogP contribution in [0.15, 0.2) is 170 Å². The van der Waals surface area contributed by atoms with Gasteiger partial charge in [-0.15, -0.1) is 0 Å². The Labute approximate surface area is 776 Å². The molecule has 8 heteroatoms. The van der Waals surface area contributed by atoms with Crippen LogP contribution in [0.4, 0.5) is 0 Å². The summed E-state index contributed by atoms with van der Waals surface area (Å²) >= 11 is 0. The monoisotopic (exact) mass is 1740 g/mol. The molecular weight excluding hydrogens is 1580 g/mol. The molecule has 0 spiro atoms. The summed E-state index contributed by atoms with van der Waals surface area (Å²) in [6.45, 7) is 74.4. The van der Waals surface area contributed by atoms with Gasteiger partial charge in [-0.3, -0.25) is 0 Å². The van der Waals surface area contributed by atoms with Crippen LogP contribution in [-0.4, -0.2) is 25.5 Å². The predicted octanol–water partition coefficient (Wildman–Crippen LogP) is 30.3. The van der Waals surface area contributed by atoms with Crippen LogP contribution < -0.4 is 14.2 Å². The molecule has 1 aliphatic rings. The fourth-order valence-electron chi connectivity index (χ4n) is 17.6. The minimum Gasteiger partial charge on any atom is -0.507 e. The Morgan fingerprint density at radius 2 is 0.271 bits per heavy atom. The molecule has 12 rings (SSSR count). The van der Waals surface area contributed by atoms with Gasteiger partial charge in [0.1, 0.15) is 65.8 Å². The van der Waals surface area contributed by atoms with Gasteiger partial charge in [0.2, 0.25) is 0 Å². The van der Waals surface area contributed by atoms with E-state index in [2.05, 4.69) is 398 Å². The van der Waals surface area contributed by atoms with E-state index in [-0.39, 0.29) is 121 Å². The summed E-state index contributed by atoms with van der Waals surface area (Å²) in [5, 5.41) is 68.0. The van der Waals surface area contributed by atoms with E-state index in [1.807, 2.05) is 0 Å². The summed E-state index contributed by atoms with van der Waals surface area (Å²) in [5.41, 5.74) is 24.6. The van der Waals surface area contributed by atoms with Crippen LogP contribution in [0.1, 0.15) is 395 Å². The fourth-order valence-corrected chi connectivity index (χ4v) is 17.6. The molecule has 0 amide bonds. The molecule has 0 saturated carbocycles. The van der Waals surface area contributed by atoms with E-state index >= 15 is 0 Å². The van der Waals surface area contributed by atoms with Crippen molar-refractivity contribution in [3.05, 3.63) is 337 Å². The Morgan fingerprint density at radius 3 is 0.388 bits per heavy atom. The normalized spacial score (nSPS) is 13.9. The summed E-state index contributed by atoms with van der Waals surface area (Å²) in [6.07, 6.45) is 2.20. The van der Waals surface area contributed by atoms with E-state index in [4.69, 9.17) is 14.2 Å². The highest BCUT2D eigenvalue weighted by Gasteiger charge is 2.34. The number of rotatable bonds is 9. The third-order valence-corrected chi connectivity index (χ3v) is 26.7. The summed E-state index contributed by atoms with van der Waals surface area (Å²) in [5.74, 6) is 2.84. The lowest BCUT2D eigenvalue weighted by atomic mass is 9.79. The molecule has 1 aliphatic carbocycles. The van der Waals surface area contributed by atoms with Crippen molar-refractivity contribution in [3.8, 4) is 46.0 Å². The van der Waals surface area contributed by atoms with Gasteiger partial charge in [-0.05, 0) is 226 Å². The topological polar surface area (TPSA) is 129 Å². The summed E-state index contributed by atoms with van der Waals surface area (Å²) in [6, 6.07) is 61.6. The van der Waals surface area contributed by atoms with Gasteiger partial charge in [0.25, 0.3) is 0 Å². The molecule has 686 valence electrons. The van der Waals surface area contributed by atoms with Crippen LogP contribution in [0.5, 0.6) is 46.0 Å². The van der Waals surface area contributed by atoms with Crippen molar-refractivity contribution in [2.45, 2.75) is 359 Å². The van der Waals surface area contributed by atoms with E-state index in [1.165, 1.54) is 16.7 Å². The molecule has 0 unspecified atom stereocenters. The number of hydrogen-bond acceptors (Lipinski definition) is 8. The van der Waals surface area contributed by atoms with Crippen molar-refractivity contribution in [2.75, 3.05) is 0 Å². The predicted molar refractivity (Wildman–Crippen MR) is 540 cm³/mol. The molecule has 0 aliphatic heterocycles. The van der Waals surface area contributed by atoms with Crippen molar-refractivity contribution in [2.24, 2.45) is 0 Å². The van der Waals surface area contributed by atoms with E-state index in [0.717, 1.165) is 128 Å². The van der Waals surface area contributed by atoms with E-state index in [9.17, 15) is 25.5 Å². The quantitative estimate of drug-likeness (QED) is 0.0967. The zero-order chi connectivity index (χ0) is 95.1. The number of phenolic OH excluding ortho intramolecular Hbond substituents is 5. The van der Waals surface area contributed by atoms with E-state index in [1.54, 1.807) is 0 Å². The third kappa shape index (κ3) is 23.2. The first-order chi connectivity index (χ1) is 59.3. The average Bonchev–Trinajstić information content (AvgIpc) is 0.768. The second kappa shape index (κ2) is 35.8. The van der Waals surface area contributed by atoms with Crippen LogP contribution in [-0.2, 0) is 131 Å². The molecule has 0 saturated heterocycles. The molecule has 16 bridgehead atoms. The number of benzene rings is 11. The highest BCUT2D eigenvalue weighted by Crippen LogP contribution is 2.49. The number of aromatic hydroxyl groups is 5. The number of hydrogen-bond donors (Lipinski definition) is 5. The van der Waals surface area contributed by atoms with Crippen LogP contribution in [0, 0.1) is 0 Å². The Morgan fingerprint density at radius 1 is 0.163 bits per heavy atom. The van der Waals surface area contributed by atoms with Crippen LogP contribution in [0.2, 0.25) is 0 Å². The fraction of sp³-hybridized carbons (Fsp3) is 0.455. The maximum atomic E-state index is 13.8. The second-order valence-corrected chi connectivity index (χ2v) is 49.2. The summed E-state index contributed by atoms with van der Waals surface area (Å²) < 4.78 is 22.5. The van der Waals surface area contributed by atoms with Gasteiger partial charge in [-0.1, -0.05) is 398 Å². The molecule has 5 N–H and O–H groups in total. The van der Waals surface area contributed by atoms with Crippen molar-refractivity contribution < 1.29 is 39.7 Å². The van der Waals surface area contributed by atoms with Crippen LogP contribution >= 0.6 is 0 Å². The number of ether oxygens (including phenoxy) is 3. The minimum absolute atomic E-state index is 0.0605. The third-order valence-electron chi connectivity index (χ3n) is 26.7. The van der Waals surface area contributed by atoms with E-state index in [0.29, 0.717) is 78.0 Å². The maximum absolute atomic E-state index is 13.8. The van der Waals surface area contributed by atoms with Crippen molar-refractivity contribution in [1.82, 2.24) is 0 Å². The van der Waals surface area contributed by atoms with Crippen LogP contribution in [0.25, 0.3) is 0 Å². The molecule has 0 aromatic heterocycles. The van der Waals surface area contributed by atoms with Gasteiger partial charge in [0, 0.05) is 51.4 Å². The number of fused-ring (bicyclic) bond motifs is 16. The zero-order valence-corrected chi connectivity index (χ0v) is 84.9. The maximum Gasteiger partial charge on any atom is 0.126 e. The summed E-state index contributed by atoms with van der Waals surface area (Å²) in [4.78, 5) is 0. The Bertz CT molecular complexity index is 5620. The highest BCUT2D eigenvalue weighted by molar-refractivity contribution is 5.63. The van der Waals surface area contributed by atoms with Crippen molar-refractivity contribution in [1.29, 1.82) is 0 Å². The van der Waals surface area contributed by atoms with Crippen LogP contribution in [0.3, 0.4) is 0 Å². The van der Waals surface area contributed by atoms with Crippen molar-refractivity contribution in [3.63, 3.8) is 0 Å². The summed E-state index contributed by atoms with van der Waals surface area (Å²) in [7, 11) is 0. The first-order valence-electron chi connectivity index (χ1n) is 47.3. The van der Waals surface area contributed by atoms with Gasteiger partial charge in [0.05, 0.1) is 0 Å². The standard InChI is InChI=1S/C121H154O8/c1-111(2,3)92-40-34-73(35-41-92)70-127-108-86-48-80-58-96(115(13,14)15)56-78(104(80)123)46-76-54-95(114(10,11)12)55-77(103(76)122)47-79-57-97(116(16,17)18)59-81(105(79)124)49-87-65-101(120(28,29)30)67-89(109(87)128-71-74-36-42-93(43-37-74)112(4,5)6)51-83-61-99(118(22,23)24)63-85(107(83)126)53-91-69-102(121(31,32)33)68-90(110(91)129-72-75-38-44-94(45-39-75)113(7,8)9)52-84-62-98(117(19,20)21)60-82(106(84)125)50-88(108)66-100(64-86)119(25,26)27/h34-45,54-69,122-126H,46-53,70-72H2,1-33H3. The minimum atomic E-state index is -0.381.